The molecule has 0 atom stereocenters. The van der Waals surface area contributed by atoms with Crippen molar-refractivity contribution >= 4 is 11.9 Å². The maximum Gasteiger partial charge on any atom is 0.0671 e. The summed E-state index contributed by atoms with van der Waals surface area (Å²) in [5.74, 6) is 6.44. The maximum absolute atomic E-state index is 4.64. The molecule has 0 aromatic heterocycles. The minimum atomic E-state index is 0.691. The fraction of sp³-hybridized carbons (Fsp3) is 0.0870. The summed E-state index contributed by atoms with van der Waals surface area (Å²) in [6.07, 6.45) is 2.60. The zero-order valence-electron chi connectivity index (χ0n) is 13.7. The molecule has 3 aromatic rings. The van der Waals surface area contributed by atoms with E-state index in [1.807, 2.05) is 54.7 Å². The number of nitrogens with zero attached hydrogens (tertiary/aromatic N) is 1. The van der Waals surface area contributed by atoms with Gasteiger partial charge in [-0.15, -0.1) is 0 Å². The van der Waals surface area contributed by atoms with Gasteiger partial charge in [-0.1, -0.05) is 78.1 Å². The average Bonchev–Trinajstić information content (AvgIpc) is 2.63. The van der Waals surface area contributed by atoms with Crippen LogP contribution in [0.15, 0.2) is 83.9 Å². The Kier molecular flexibility index (Phi) is 5.22. The first-order valence-electron chi connectivity index (χ1n) is 8.04. The van der Waals surface area contributed by atoms with E-state index in [4.69, 9.17) is 0 Å². The summed E-state index contributed by atoms with van der Waals surface area (Å²) >= 11 is 0. The van der Waals surface area contributed by atoms with Gasteiger partial charge in [0.25, 0.3) is 0 Å². The molecule has 0 heterocycles. The molecule has 1 nitrogen and oxygen atoms in total. The highest BCUT2D eigenvalue weighted by Crippen LogP contribution is 2.19. The van der Waals surface area contributed by atoms with Crippen molar-refractivity contribution in [3.63, 3.8) is 0 Å². The molecule has 0 aliphatic carbocycles. The van der Waals surface area contributed by atoms with Crippen LogP contribution in [0.3, 0.4) is 0 Å². The zero-order chi connectivity index (χ0) is 16.6. The first-order chi connectivity index (χ1) is 11.8. The zero-order valence-corrected chi connectivity index (χ0v) is 13.7. The van der Waals surface area contributed by atoms with E-state index < -0.39 is 0 Å². The summed E-state index contributed by atoms with van der Waals surface area (Å²) in [6.45, 7) is 2.08. The van der Waals surface area contributed by atoms with Crippen molar-refractivity contribution in [2.75, 3.05) is 0 Å². The van der Waals surface area contributed by atoms with Crippen LogP contribution in [-0.4, -0.2) is 6.21 Å². The molecule has 0 radical (unpaired) electrons. The van der Waals surface area contributed by atoms with Crippen molar-refractivity contribution in [1.82, 2.24) is 0 Å². The van der Waals surface area contributed by atoms with Gasteiger partial charge in [-0.25, -0.2) is 0 Å². The SMILES string of the molecule is Cc1ccc(C=Nc2ccccc2CC#Cc2ccccc2)cc1. The van der Waals surface area contributed by atoms with Gasteiger partial charge < -0.3 is 0 Å². The summed E-state index contributed by atoms with van der Waals surface area (Å²) in [4.78, 5) is 4.64. The molecule has 3 rings (SSSR count). The lowest BCUT2D eigenvalue weighted by molar-refractivity contribution is 1.29. The van der Waals surface area contributed by atoms with Crippen LogP contribution >= 0.6 is 0 Å². The molecule has 0 bridgehead atoms. The monoisotopic (exact) mass is 309 g/mol. The van der Waals surface area contributed by atoms with Crippen molar-refractivity contribution in [3.05, 3.63) is 101 Å². The van der Waals surface area contributed by atoms with E-state index in [0.717, 1.165) is 22.4 Å². The van der Waals surface area contributed by atoms with Crippen LogP contribution in [-0.2, 0) is 6.42 Å². The molecule has 3 aromatic carbocycles. The van der Waals surface area contributed by atoms with E-state index in [-0.39, 0.29) is 0 Å². The van der Waals surface area contributed by atoms with Crippen molar-refractivity contribution < 1.29 is 0 Å². The van der Waals surface area contributed by atoms with Crippen LogP contribution in [0, 0.1) is 18.8 Å². The van der Waals surface area contributed by atoms with Crippen LogP contribution in [0.25, 0.3) is 0 Å². The Balaban J connectivity index is 1.76. The highest BCUT2D eigenvalue weighted by molar-refractivity contribution is 5.82. The van der Waals surface area contributed by atoms with Crippen molar-refractivity contribution in [2.45, 2.75) is 13.3 Å². The largest absolute Gasteiger partial charge is 0.256 e. The molecular weight excluding hydrogens is 290 g/mol. The number of rotatable bonds is 3. The van der Waals surface area contributed by atoms with Gasteiger partial charge in [-0.2, -0.15) is 0 Å². The Morgan fingerprint density at radius 3 is 2.33 bits per heavy atom. The third kappa shape index (κ3) is 4.44. The fourth-order valence-corrected chi connectivity index (χ4v) is 2.35. The van der Waals surface area contributed by atoms with E-state index in [9.17, 15) is 0 Å². The topological polar surface area (TPSA) is 12.4 Å². The average molecular weight is 309 g/mol. The van der Waals surface area contributed by atoms with Gasteiger partial charge in [0.1, 0.15) is 0 Å². The first-order valence-corrected chi connectivity index (χ1v) is 8.04. The molecular formula is C23H19N. The molecule has 0 N–H and O–H groups in total. The standard InChI is InChI=1S/C23H19N/c1-19-14-16-21(17-15-19)18-24-23-13-6-5-11-22(23)12-7-10-20-8-3-2-4-9-20/h2-6,8-9,11,13-18H,12H2,1H3. The third-order valence-electron chi connectivity index (χ3n) is 3.71. The summed E-state index contributed by atoms with van der Waals surface area (Å²) in [6, 6.07) is 26.6. The van der Waals surface area contributed by atoms with Gasteiger partial charge in [0.05, 0.1) is 5.69 Å². The predicted molar refractivity (Wildman–Crippen MR) is 102 cm³/mol. The molecule has 0 spiro atoms. The molecule has 116 valence electrons. The number of para-hydroxylation sites is 1. The Morgan fingerprint density at radius 2 is 1.54 bits per heavy atom. The molecule has 0 saturated carbocycles. The van der Waals surface area contributed by atoms with E-state index in [0.29, 0.717) is 6.42 Å². The second-order valence-electron chi connectivity index (χ2n) is 5.64. The number of hydrogen-bond acceptors (Lipinski definition) is 1. The summed E-state index contributed by atoms with van der Waals surface area (Å²) in [7, 11) is 0. The maximum atomic E-state index is 4.64. The van der Waals surface area contributed by atoms with Gasteiger partial charge >= 0.3 is 0 Å². The summed E-state index contributed by atoms with van der Waals surface area (Å²) in [5.41, 5.74) is 5.51. The Morgan fingerprint density at radius 1 is 0.833 bits per heavy atom. The molecule has 0 amide bonds. The van der Waals surface area contributed by atoms with E-state index >= 15 is 0 Å². The van der Waals surface area contributed by atoms with E-state index in [2.05, 4.69) is 54.1 Å². The second kappa shape index (κ2) is 7.94. The lowest BCUT2D eigenvalue weighted by atomic mass is 10.1. The lowest BCUT2D eigenvalue weighted by Crippen LogP contribution is -1.85. The van der Waals surface area contributed by atoms with Gasteiger partial charge in [-0.05, 0) is 36.2 Å². The smallest absolute Gasteiger partial charge is 0.0671 e. The van der Waals surface area contributed by atoms with E-state index in [1.54, 1.807) is 0 Å². The van der Waals surface area contributed by atoms with Crippen LogP contribution in [0.5, 0.6) is 0 Å². The van der Waals surface area contributed by atoms with Crippen LogP contribution < -0.4 is 0 Å². The second-order valence-corrected chi connectivity index (χ2v) is 5.64. The number of aryl methyl sites for hydroxylation is 1. The minimum absolute atomic E-state index is 0.691. The highest BCUT2D eigenvalue weighted by atomic mass is 14.7. The van der Waals surface area contributed by atoms with E-state index in [1.165, 1.54) is 5.56 Å². The van der Waals surface area contributed by atoms with Crippen LogP contribution in [0.1, 0.15) is 22.3 Å². The first kappa shape index (κ1) is 15.8. The van der Waals surface area contributed by atoms with Gasteiger partial charge in [0, 0.05) is 18.2 Å². The van der Waals surface area contributed by atoms with Crippen LogP contribution in [0.4, 0.5) is 5.69 Å². The lowest BCUT2D eigenvalue weighted by Gasteiger charge is -2.01. The summed E-state index contributed by atoms with van der Waals surface area (Å²) < 4.78 is 0. The van der Waals surface area contributed by atoms with Gasteiger partial charge in [0.2, 0.25) is 0 Å². The quantitative estimate of drug-likeness (QED) is 0.457. The molecule has 0 fully saturated rings. The highest BCUT2D eigenvalue weighted by Gasteiger charge is 1.98. The van der Waals surface area contributed by atoms with Crippen molar-refractivity contribution in [3.8, 4) is 11.8 Å². The molecule has 0 saturated heterocycles. The predicted octanol–water partition coefficient (Wildman–Crippen LogP) is 5.34. The van der Waals surface area contributed by atoms with Gasteiger partial charge in [-0.3, -0.25) is 4.99 Å². The van der Waals surface area contributed by atoms with Crippen LogP contribution in [0.2, 0.25) is 0 Å². The summed E-state index contributed by atoms with van der Waals surface area (Å²) in [5, 5.41) is 0. The normalized spacial score (nSPS) is 10.4. The number of aliphatic imine (C=N–C) groups is 1. The minimum Gasteiger partial charge on any atom is -0.256 e. The number of benzene rings is 3. The van der Waals surface area contributed by atoms with Crippen molar-refractivity contribution in [1.29, 1.82) is 0 Å². The van der Waals surface area contributed by atoms with Crippen molar-refractivity contribution in [2.24, 2.45) is 4.99 Å². The number of hydrogen-bond donors (Lipinski definition) is 0. The molecule has 24 heavy (non-hydrogen) atoms. The fourth-order valence-electron chi connectivity index (χ4n) is 2.35. The third-order valence-corrected chi connectivity index (χ3v) is 3.71. The Hall–Kier alpha value is -3.11. The van der Waals surface area contributed by atoms with Gasteiger partial charge in [0.15, 0.2) is 0 Å². The molecule has 0 aliphatic rings. The molecule has 0 aliphatic heterocycles. The molecule has 0 unspecified atom stereocenters. The Bertz CT molecular complexity index is 879. The Labute approximate surface area is 143 Å². The molecule has 1 heteroatoms.